The maximum Gasteiger partial charge on any atom is 0.426 e. The van der Waals surface area contributed by atoms with E-state index in [0.29, 0.717) is 6.07 Å². The lowest BCUT2D eigenvalue weighted by molar-refractivity contribution is -0.384. The van der Waals surface area contributed by atoms with Crippen LogP contribution in [0.3, 0.4) is 0 Å². The quantitative estimate of drug-likeness (QED) is 0.574. The van der Waals surface area contributed by atoms with Crippen molar-refractivity contribution in [2.45, 2.75) is 38.2 Å². The number of sulfone groups is 1. The van der Waals surface area contributed by atoms with Crippen LogP contribution in [-0.2, 0) is 14.6 Å². The van der Waals surface area contributed by atoms with Crippen LogP contribution in [0.4, 0.5) is 10.5 Å². The zero-order chi connectivity index (χ0) is 20.3. The average molecular weight is 408 g/mol. The van der Waals surface area contributed by atoms with Crippen LogP contribution in [0.2, 0.25) is 5.02 Å². The van der Waals surface area contributed by atoms with Crippen LogP contribution < -0.4 is 10.9 Å². The number of hydrogen-bond acceptors (Lipinski definition) is 7. The summed E-state index contributed by atoms with van der Waals surface area (Å²) in [7, 11) is -3.98. The Bertz CT molecular complexity index is 847. The second-order valence-corrected chi connectivity index (χ2v) is 8.70. The Morgan fingerprint density at radius 3 is 2.31 bits per heavy atom. The summed E-state index contributed by atoms with van der Waals surface area (Å²) in [6, 6.07) is 1.57. The third kappa shape index (κ3) is 5.56. The first kappa shape index (κ1) is 21.6. The average Bonchev–Trinajstić information content (AvgIpc) is 2.50. The van der Waals surface area contributed by atoms with E-state index in [2.05, 4.69) is 0 Å². The van der Waals surface area contributed by atoms with Crippen LogP contribution in [-0.4, -0.2) is 36.7 Å². The van der Waals surface area contributed by atoms with Crippen LogP contribution >= 0.6 is 11.6 Å². The highest BCUT2D eigenvalue weighted by molar-refractivity contribution is 7.91. The van der Waals surface area contributed by atoms with Crippen molar-refractivity contribution in [2.75, 3.05) is 5.75 Å². The molecule has 1 rings (SSSR count). The highest BCUT2D eigenvalue weighted by Crippen LogP contribution is 2.31. The van der Waals surface area contributed by atoms with Crippen LogP contribution in [0.15, 0.2) is 17.0 Å². The zero-order valence-electron chi connectivity index (χ0n) is 14.5. The van der Waals surface area contributed by atoms with Gasteiger partial charge >= 0.3 is 6.09 Å². The Morgan fingerprint density at radius 2 is 1.85 bits per heavy atom. The van der Waals surface area contributed by atoms with Crippen molar-refractivity contribution in [3.05, 3.63) is 32.8 Å². The first-order valence-corrected chi connectivity index (χ1v) is 9.31. The Hall–Kier alpha value is -2.40. The largest absolute Gasteiger partial charge is 0.443 e. The lowest BCUT2D eigenvalue weighted by Crippen LogP contribution is -2.44. The van der Waals surface area contributed by atoms with E-state index in [1.54, 1.807) is 20.8 Å². The number of rotatable bonds is 4. The number of ether oxygens (including phenoxy) is 1. The first-order valence-electron chi connectivity index (χ1n) is 7.28. The Morgan fingerprint density at radius 1 is 1.27 bits per heavy atom. The van der Waals surface area contributed by atoms with Crippen LogP contribution in [0.5, 0.6) is 0 Å². The van der Waals surface area contributed by atoms with E-state index >= 15 is 0 Å². The molecule has 0 heterocycles. The number of carbonyl (C=O) groups excluding carboxylic acids is 2. The molecule has 0 saturated heterocycles. The Labute approximate surface area is 154 Å². The van der Waals surface area contributed by atoms with Crippen LogP contribution in [0, 0.1) is 10.1 Å². The molecule has 0 aliphatic rings. The minimum Gasteiger partial charge on any atom is -0.443 e. The van der Waals surface area contributed by atoms with Gasteiger partial charge in [-0.25, -0.2) is 18.6 Å². The summed E-state index contributed by atoms with van der Waals surface area (Å²) in [5.41, 5.74) is 2.02. The Balaban J connectivity index is 3.22. The van der Waals surface area contributed by atoms with E-state index in [1.165, 1.54) is 6.92 Å². The lowest BCUT2D eigenvalue weighted by atomic mass is 10.2. The van der Waals surface area contributed by atoms with Gasteiger partial charge in [-0.3, -0.25) is 20.3 Å². The number of amides is 2. The molecule has 0 radical (unpaired) electrons. The number of nitro benzene ring substituents is 1. The second kappa shape index (κ2) is 7.87. The number of hydrazine groups is 1. The molecular weight excluding hydrogens is 390 g/mol. The number of nitrogens with one attached hydrogen (secondary N) is 2. The van der Waals surface area contributed by atoms with E-state index in [4.69, 9.17) is 16.3 Å². The Kier molecular flexibility index (Phi) is 6.55. The van der Waals surface area contributed by atoms with E-state index < -0.39 is 59.3 Å². The van der Waals surface area contributed by atoms with E-state index in [-0.39, 0.29) is 0 Å². The molecule has 0 aliphatic carbocycles. The molecule has 1 aromatic rings. The van der Waals surface area contributed by atoms with Gasteiger partial charge < -0.3 is 4.74 Å². The summed E-state index contributed by atoms with van der Waals surface area (Å²) in [4.78, 5) is 33.4. The van der Waals surface area contributed by atoms with Gasteiger partial charge in [0.1, 0.15) is 10.6 Å². The van der Waals surface area contributed by atoms with Crippen molar-refractivity contribution in [3.8, 4) is 0 Å². The summed E-state index contributed by atoms with van der Waals surface area (Å²) >= 11 is 5.76. The number of nitro groups is 1. The van der Waals surface area contributed by atoms with Gasteiger partial charge in [-0.2, -0.15) is 0 Å². The van der Waals surface area contributed by atoms with E-state index in [0.717, 1.165) is 6.07 Å². The molecule has 1 aromatic carbocycles. The first-order chi connectivity index (χ1) is 11.8. The molecule has 144 valence electrons. The van der Waals surface area contributed by atoms with Gasteiger partial charge in [-0.15, -0.1) is 0 Å². The second-order valence-electron chi connectivity index (χ2n) is 6.04. The highest BCUT2D eigenvalue weighted by Gasteiger charge is 2.27. The number of halogens is 1. The summed E-state index contributed by atoms with van der Waals surface area (Å²) in [5, 5.41) is 10.5. The van der Waals surface area contributed by atoms with Crippen molar-refractivity contribution >= 4 is 39.1 Å². The monoisotopic (exact) mass is 407 g/mol. The minimum atomic E-state index is -3.98. The van der Waals surface area contributed by atoms with Gasteiger partial charge in [-0.05, 0) is 26.8 Å². The smallest absolute Gasteiger partial charge is 0.426 e. The fraction of sp³-hybridized carbons (Fsp3) is 0.429. The predicted octanol–water partition coefficient (Wildman–Crippen LogP) is 2.21. The summed E-state index contributed by atoms with van der Waals surface area (Å²) in [6.07, 6.45) is -0.973. The van der Waals surface area contributed by atoms with Crippen molar-refractivity contribution in [3.63, 3.8) is 0 Å². The van der Waals surface area contributed by atoms with Crippen LogP contribution in [0.1, 0.15) is 38.1 Å². The number of benzene rings is 1. The molecule has 0 aliphatic heterocycles. The van der Waals surface area contributed by atoms with Gasteiger partial charge in [0, 0.05) is 6.07 Å². The van der Waals surface area contributed by atoms with Crippen molar-refractivity contribution < 1.29 is 27.7 Å². The number of carbonyl (C=O) groups is 2. The molecule has 26 heavy (non-hydrogen) atoms. The van der Waals surface area contributed by atoms with Crippen molar-refractivity contribution in [1.82, 2.24) is 10.9 Å². The molecule has 0 saturated carbocycles. The minimum absolute atomic E-state index is 0.397. The third-order valence-electron chi connectivity index (χ3n) is 2.88. The van der Waals surface area contributed by atoms with Gasteiger partial charge in [0.05, 0.1) is 21.1 Å². The molecule has 0 unspecified atom stereocenters. The molecule has 2 amide bonds. The number of nitrogens with zero attached hydrogens (tertiary/aromatic N) is 1. The van der Waals surface area contributed by atoms with E-state index in [1.807, 2.05) is 10.9 Å². The van der Waals surface area contributed by atoms with Crippen molar-refractivity contribution in [2.24, 2.45) is 0 Å². The summed E-state index contributed by atoms with van der Waals surface area (Å²) in [5.74, 6) is -1.43. The maximum absolute atomic E-state index is 12.3. The topological polar surface area (TPSA) is 145 Å². The van der Waals surface area contributed by atoms with Crippen molar-refractivity contribution in [1.29, 1.82) is 0 Å². The van der Waals surface area contributed by atoms with Gasteiger partial charge in [0.15, 0.2) is 9.84 Å². The molecule has 12 heteroatoms. The van der Waals surface area contributed by atoms with Gasteiger partial charge in [0.2, 0.25) is 0 Å². The molecule has 10 nitrogen and oxygen atoms in total. The molecule has 0 aromatic heterocycles. The molecule has 0 spiro atoms. The molecule has 0 bridgehead atoms. The van der Waals surface area contributed by atoms with E-state index in [9.17, 15) is 28.1 Å². The zero-order valence-corrected chi connectivity index (χ0v) is 16.0. The SMILES string of the molecule is CCS(=O)(=O)c1cc([N+](=O)[O-])c(Cl)cc1C(=O)NNC(=O)OC(C)(C)C. The van der Waals surface area contributed by atoms with Crippen LogP contribution in [0.25, 0.3) is 0 Å². The molecule has 0 atom stereocenters. The third-order valence-corrected chi connectivity index (χ3v) is 4.95. The highest BCUT2D eigenvalue weighted by atomic mass is 35.5. The normalized spacial score (nSPS) is 11.6. The maximum atomic E-state index is 12.3. The van der Waals surface area contributed by atoms with Gasteiger partial charge in [0.25, 0.3) is 11.6 Å². The molecular formula is C14H18ClN3O7S. The number of hydrogen-bond donors (Lipinski definition) is 2. The molecule has 2 N–H and O–H groups in total. The lowest BCUT2D eigenvalue weighted by Gasteiger charge is -2.20. The fourth-order valence-corrected chi connectivity index (χ4v) is 3.07. The van der Waals surface area contributed by atoms with Gasteiger partial charge in [-0.1, -0.05) is 18.5 Å². The fourth-order valence-electron chi connectivity index (χ4n) is 1.75. The molecule has 0 fully saturated rings. The predicted molar refractivity (Wildman–Crippen MR) is 92.7 cm³/mol. The summed E-state index contributed by atoms with van der Waals surface area (Å²) < 4.78 is 29.3. The summed E-state index contributed by atoms with van der Waals surface area (Å²) in [6.45, 7) is 6.14. The standard InChI is InChI=1S/C14H18ClN3O7S/c1-5-26(23,24)11-7-10(18(21)22)9(15)6-8(11)12(19)16-17-13(20)25-14(2,3)4/h6-7H,5H2,1-4H3,(H,16,19)(H,17,20).